The van der Waals surface area contributed by atoms with Gasteiger partial charge in [0.05, 0.1) is 5.71 Å². The van der Waals surface area contributed by atoms with Gasteiger partial charge in [0, 0.05) is 19.4 Å². The number of oxime groups is 1. The molecule has 1 atom stereocenters. The van der Waals surface area contributed by atoms with Gasteiger partial charge in [0.1, 0.15) is 0 Å². The summed E-state index contributed by atoms with van der Waals surface area (Å²) in [5, 5.41) is 6.84. The Hall–Kier alpha value is -1.58. The second-order valence-corrected chi connectivity index (χ2v) is 5.18. The summed E-state index contributed by atoms with van der Waals surface area (Å²) in [5.74, 6) is -0.0798. The van der Waals surface area contributed by atoms with E-state index < -0.39 is 5.60 Å². The minimum Gasteiger partial charge on any atom is -0.378 e. The highest BCUT2D eigenvalue weighted by Gasteiger charge is 2.45. The summed E-state index contributed by atoms with van der Waals surface area (Å²) in [5.41, 5.74) is 1.09. The minimum atomic E-state index is -0.876. The molecule has 0 fully saturated rings. The highest BCUT2D eigenvalue weighted by atomic mass is 16.7. The number of likely N-dealkylation sites (N-methyl/N-ethyl adjacent to an activating group) is 1. The van der Waals surface area contributed by atoms with E-state index in [1.165, 1.54) is 0 Å². The standard InChI is InChI=1S/C16H26N2O2/c1-5-8-9-10-14(6-2)12-16(15(19)17-7-3)11-13(4)18-20-16/h6,9-10H,5,7-8,11-12H2,1-4H3,(H,17,19)/b10-9-,14-6+. The van der Waals surface area contributed by atoms with Gasteiger partial charge in [0.2, 0.25) is 5.60 Å². The monoisotopic (exact) mass is 278 g/mol. The van der Waals surface area contributed by atoms with Crippen LogP contribution in [0.2, 0.25) is 0 Å². The van der Waals surface area contributed by atoms with Gasteiger partial charge in [-0.3, -0.25) is 4.79 Å². The smallest absolute Gasteiger partial charge is 0.267 e. The number of nitrogens with zero attached hydrogens (tertiary/aromatic N) is 1. The van der Waals surface area contributed by atoms with Crippen LogP contribution in [-0.2, 0) is 9.63 Å². The third-order valence-electron chi connectivity index (χ3n) is 3.32. The van der Waals surface area contributed by atoms with Crippen LogP contribution in [0.5, 0.6) is 0 Å². The Morgan fingerprint density at radius 1 is 1.50 bits per heavy atom. The molecule has 112 valence electrons. The Bertz CT molecular complexity index is 424. The van der Waals surface area contributed by atoms with Gasteiger partial charge >= 0.3 is 0 Å². The number of allylic oxidation sites excluding steroid dienone is 3. The van der Waals surface area contributed by atoms with Crippen molar-refractivity contribution in [3.63, 3.8) is 0 Å². The van der Waals surface area contributed by atoms with E-state index in [4.69, 9.17) is 4.84 Å². The molecule has 1 rings (SSSR count). The van der Waals surface area contributed by atoms with Crippen molar-refractivity contribution in [3.8, 4) is 0 Å². The van der Waals surface area contributed by atoms with Crippen molar-refractivity contribution in [1.29, 1.82) is 0 Å². The highest BCUT2D eigenvalue weighted by Crippen LogP contribution is 2.31. The second-order valence-electron chi connectivity index (χ2n) is 5.18. The first-order chi connectivity index (χ1) is 9.57. The molecule has 0 aromatic heterocycles. The lowest BCUT2D eigenvalue weighted by Gasteiger charge is -2.25. The molecule has 20 heavy (non-hydrogen) atoms. The van der Waals surface area contributed by atoms with Gasteiger partial charge < -0.3 is 10.2 Å². The maximum atomic E-state index is 12.3. The molecule has 0 aliphatic carbocycles. The summed E-state index contributed by atoms with van der Waals surface area (Å²) in [7, 11) is 0. The Morgan fingerprint density at radius 3 is 2.75 bits per heavy atom. The van der Waals surface area contributed by atoms with E-state index in [2.05, 4.69) is 29.5 Å². The Labute approximate surface area is 122 Å². The summed E-state index contributed by atoms with van der Waals surface area (Å²) in [6.45, 7) is 8.53. The molecule has 1 amide bonds. The van der Waals surface area contributed by atoms with Crippen molar-refractivity contribution in [3.05, 3.63) is 23.8 Å². The van der Waals surface area contributed by atoms with E-state index in [1.807, 2.05) is 26.8 Å². The molecular formula is C16H26N2O2. The fraction of sp³-hybridized carbons (Fsp3) is 0.625. The lowest BCUT2D eigenvalue weighted by molar-refractivity contribution is -0.143. The molecule has 0 saturated carbocycles. The molecule has 1 aliphatic rings. The molecule has 0 saturated heterocycles. The number of unbranched alkanes of at least 4 members (excludes halogenated alkanes) is 1. The Balaban J connectivity index is 2.83. The maximum Gasteiger partial charge on any atom is 0.267 e. The number of hydrogen-bond donors (Lipinski definition) is 1. The van der Waals surface area contributed by atoms with Crippen molar-refractivity contribution < 1.29 is 9.63 Å². The topological polar surface area (TPSA) is 50.7 Å². The lowest BCUT2D eigenvalue weighted by Crippen LogP contribution is -2.47. The van der Waals surface area contributed by atoms with Crippen LogP contribution in [0.1, 0.15) is 53.4 Å². The molecule has 1 aliphatic heterocycles. The normalized spacial score (nSPS) is 22.8. The number of amides is 1. The minimum absolute atomic E-state index is 0.0798. The molecule has 1 unspecified atom stereocenters. The zero-order chi connectivity index (χ0) is 15.0. The first kappa shape index (κ1) is 16.5. The lowest BCUT2D eigenvalue weighted by atomic mass is 9.88. The van der Waals surface area contributed by atoms with E-state index >= 15 is 0 Å². The molecule has 1 heterocycles. The van der Waals surface area contributed by atoms with Crippen molar-refractivity contribution in [2.24, 2.45) is 5.16 Å². The van der Waals surface area contributed by atoms with Crippen LogP contribution in [0.25, 0.3) is 0 Å². The fourth-order valence-electron chi connectivity index (χ4n) is 2.25. The van der Waals surface area contributed by atoms with E-state index in [9.17, 15) is 4.79 Å². The molecule has 0 aromatic carbocycles. The highest BCUT2D eigenvalue weighted by molar-refractivity contribution is 5.95. The summed E-state index contributed by atoms with van der Waals surface area (Å²) in [4.78, 5) is 17.8. The van der Waals surface area contributed by atoms with Crippen LogP contribution in [0.15, 0.2) is 29.0 Å². The van der Waals surface area contributed by atoms with Crippen molar-refractivity contribution in [1.82, 2.24) is 5.32 Å². The van der Waals surface area contributed by atoms with Gasteiger partial charge in [-0.1, -0.05) is 36.7 Å². The number of nitrogens with one attached hydrogen (secondary N) is 1. The van der Waals surface area contributed by atoms with Crippen LogP contribution in [-0.4, -0.2) is 23.8 Å². The van der Waals surface area contributed by atoms with Crippen LogP contribution in [0.4, 0.5) is 0 Å². The Morgan fingerprint density at radius 2 is 2.25 bits per heavy atom. The van der Waals surface area contributed by atoms with E-state index in [-0.39, 0.29) is 5.91 Å². The molecule has 1 N–H and O–H groups in total. The van der Waals surface area contributed by atoms with Crippen molar-refractivity contribution in [2.75, 3.05) is 6.54 Å². The molecule has 0 bridgehead atoms. The predicted octanol–water partition coefficient (Wildman–Crippen LogP) is 3.35. The summed E-state index contributed by atoms with van der Waals surface area (Å²) < 4.78 is 0. The molecule has 4 nitrogen and oxygen atoms in total. The number of carbonyl (C=O) groups excluding carboxylic acids is 1. The van der Waals surface area contributed by atoms with E-state index in [1.54, 1.807) is 0 Å². The average molecular weight is 278 g/mol. The van der Waals surface area contributed by atoms with Gasteiger partial charge in [-0.05, 0) is 32.8 Å². The maximum absolute atomic E-state index is 12.3. The summed E-state index contributed by atoms with van der Waals surface area (Å²) in [6, 6.07) is 0. The molecular weight excluding hydrogens is 252 g/mol. The van der Waals surface area contributed by atoms with Gasteiger partial charge in [0.25, 0.3) is 5.91 Å². The first-order valence-electron chi connectivity index (χ1n) is 7.39. The SMILES string of the molecule is C/C=C(\C=C/CCC)CC1(C(=O)NCC)CC(C)=NO1. The number of hydrogen-bond acceptors (Lipinski definition) is 3. The number of rotatable bonds is 7. The molecule has 4 heteroatoms. The Kier molecular flexibility index (Phi) is 6.49. The summed E-state index contributed by atoms with van der Waals surface area (Å²) in [6.07, 6.45) is 9.53. The largest absolute Gasteiger partial charge is 0.378 e. The van der Waals surface area contributed by atoms with E-state index in [0.29, 0.717) is 19.4 Å². The van der Waals surface area contributed by atoms with Crippen LogP contribution >= 0.6 is 0 Å². The zero-order valence-electron chi connectivity index (χ0n) is 13.0. The fourth-order valence-corrected chi connectivity index (χ4v) is 2.25. The predicted molar refractivity (Wildman–Crippen MR) is 82.6 cm³/mol. The van der Waals surface area contributed by atoms with Crippen LogP contribution in [0, 0.1) is 0 Å². The van der Waals surface area contributed by atoms with Gasteiger partial charge in [0.15, 0.2) is 0 Å². The van der Waals surface area contributed by atoms with Crippen LogP contribution in [0.3, 0.4) is 0 Å². The second kappa shape index (κ2) is 7.88. The zero-order valence-corrected chi connectivity index (χ0v) is 13.0. The quantitative estimate of drug-likeness (QED) is 0.726. The van der Waals surface area contributed by atoms with Crippen molar-refractivity contribution >= 4 is 11.6 Å². The van der Waals surface area contributed by atoms with Crippen LogP contribution < -0.4 is 5.32 Å². The summed E-state index contributed by atoms with van der Waals surface area (Å²) >= 11 is 0. The molecule has 0 radical (unpaired) electrons. The third-order valence-corrected chi connectivity index (χ3v) is 3.32. The third kappa shape index (κ3) is 4.22. The average Bonchev–Trinajstić information content (AvgIpc) is 2.81. The van der Waals surface area contributed by atoms with E-state index in [0.717, 1.165) is 24.1 Å². The van der Waals surface area contributed by atoms with Gasteiger partial charge in [-0.15, -0.1) is 0 Å². The van der Waals surface area contributed by atoms with Gasteiger partial charge in [-0.25, -0.2) is 0 Å². The first-order valence-corrected chi connectivity index (χ1v) is 7.39. The molecule has 0 aromatic rings. The number of carbonyl (C=O) groups is 1. The molecule has 0 spiro atoms. The van der Waals surface area contributed by atoms with Gasteiger partial charge in [-0.2, -0.15) is 0 Å². The van der Waals surface area contributed by atoms with Crippen molar-refractivity contribution in [2.45, 2.75) is 59.0 Å².